The summed E-state index contributed by atoms with van der Waals surface area (Å²) in [6.07, 6.45) is 1.21. The lowest BCUT2D eigenvalue weighted by Crippen LogP contribution is -2.51. The monoisotopic (exact) mass is 269 g/mol. The van der Waals surface area contributed by atoms with Crippen molar-refractivity contribution < 1.29 is 9.59 Å². The highest BCUT2D eigenvalue weighted by Gasteiger charge is 2.24. The standard InChI is InChI=1S/C14H27N3O2/c1-10-6-11(2)8-17(7-10)9-12(18)15-13(19)16-14(3,4)5/h10-11H,6-9H2,1-5H3,(H2,15,16,18,19). The number of hydrogen-bond acceptors (Lipinski definition) is 3. The topological polar surface area (TPSA) is 61.4 Å². The van der Waals surface area contributed by atoms with Crippen molar-refractivity contribution in [3.8, 4) is 0 Å². The van der Waals surface area contributed by atoms with Gasteiger partial charge in [-0.2, -0.15) is 0 Å². The molecule has 1 rings (SSSR count). The molecule has 0 radical (unpaired) electrons. The molecule has 0 aliphatic carbocycles. The van der Waals surface area contributed by atoms with Gasteiger partial charge in [-0.15, -0.1) is 0 Å². The fourth-order valence-corrected chi connectivity index (χ4v) is 2.66. The Morgan fingerprint density at radius 2 is 1.68 bits per heavy atom. The summed E-state index contributed by atoms with van der Waals surface area (Å²) in [6, 6.07) is -0.421. The maximum absolute atomic E-state index is 11.8. The van der Waals surface area contributed by atoms with Crippen molar-refractivity contribution in [2.45, 2.75) is 46.6 Å². The molecule has 1 aliphatic heterocycles. The summed E-state index contributed by atoms with van der Waals surface area (Å²) < 4.78 is 0. The number of nitrogens with zero attached hydrogens (tertiary/aromatic N) is 1. The third kappa shape index (κ3) is 6.57. The van der Waals surface area contributed by atoms with Crippen LogP contribution in [-0.4, -0.2) is 42.0 Å². The quantitative estimate of drug-likeness (QED) is 0.800. The van der Waals surface area contributed by atoms with E-state index in [2.05, 4.69) is 29.4 Å². The predicted molar refractivity (Wildman–Crippen MR) is 75.8 cm³/mol. The van der Waals surface area contributed by atoms with E-state index < -0.39 is 6.03 Å². The summed E-state index contributed by atoms with van der Waals surface area (Å²) in [5.74, 6) is 0.989. The van der Waals surface area contributed by atoms with Crippen molar-refractivity contribution in [3.05, 3.63) is 0 Å². The molecule has 0 spiro atoms. The molecule has 1 heterocycles. The van der Waals surface area contributed by atoms with Crippen molar-refractivity contribution in [1.82, 2.24) is 15.5 Å². The molecule has 2 N–H and O–H groups in total. The number of carbonyl (C=O) groups excluding carboxylic acids is 2. The smallest absolute Gasteiger partial charge is 0.321 e. The number of carbonyl (C=O) groups is 2. The van der Waals surface area contributed by atoms with Crippen molar-refractivity contribution in [2.75, 3.05) is 19.6 Å². The maximum Gasteiger partial charge on any atom is 0.321 e. The van der Waals surface area contributed by atoms with Crippen LogP contribution in [0.5, 0.6) is 0 Å². The van der Waals surface area contributed by atoms with E-state index in [0.29, 0.717) is 18.4 Å². The summed E-state index contributed by atoms with van der Waals surface area (Å²) in [7, 11) is 0. The van der Waals surface area contributed by atoms with Gasteiger partial charge in [-0.05, 0) is 39.0 Å². The van der Waals surface area contributed by atoms with Gasteiger partial charge in [-0.1, -0.05) is 13.8 Å². The molecule has 3 amide bonds. The van der Waals surface area contributed by atoms with Crippen LogP contribution in [0.25, 0.3) is 0 Å². The van der Waals surface area contributed by atoms with Gasteiger partial charge in [0.1, 0.15) is 0 Å². The number of likely N-dealkylation sites (tertiary alicyclic amines) is 1. The van der Waals surface area contributed by atoms with Gasteiger partial charge >= 0.3 is 6.03 Å². The molecule has 1 fully saturated rings. The fraction of sp³-hybridized carbons (Fsp3) is 0.857. The largest absolute Gasteiger partial charge is 0.333 e. The molecule has 5 nitrogen and oxygen atoms in total. The van der Waals surface area contributed by atoms with Gasteiger partial charge in [0, 0.05) is 18.6 Å². The Balaban J connectivity index is 2.36. The number of nitrogens with one attached hydrogen (secondary N) is 2. The Morgan fingerprint density at radius 1 is 1.16 bits per heavy atom. The highest BCUT2D eigenvalue weighted by molar-refractivity contribution is 5.95. The maximum atomic E-state index is 11.8. The number of imide groups is 1. The zero-order valence-corrected chi connectivity index (χ0v) is 12.7. The van der Waals surface area contributed by atoms with Gasteiger partial charge in [0.2, 0.25) is 5.91 Å². The van der Waals surface area contributed by atoms with Crippen LogP contribution < -0.4 is 10.6 Å². The molecular formula is C14H27N3O2. The Hall–Kier alpha value is -1.10. The summed E-state index contributed by atoms with van der Waals surface area (Å²) in [5, 5.41) is 5.10. The Bertz CT molecular complexity index is 326. The van der Waals surface area contributed by atoms with Crippen LogP contribution in [-0.2, 0) is 4.79 Å². The highest BCUT2D eigenvalue weighted by atomic mass is 16.2. The first kappa shape index (κ1) is 16.0. The first-order valence-corrected chi connectivity index (χ1v) is 7.00. The lowest BCUT2D eigenvalue weighted by Gasteiger charge is -2.34. The molecule has 19 heavy (non-hydrogen) atoms. The third-order valence-corrected chi connectivity index (χ3v) is 3.05. The first-order valence-electron chi connectivity index (χ1n) is 7.00. The third-order valence-electron chi connectivity index (χ3n) is 3.05. The second kappa shape index (κ2) is 6.37. The van der Waals surface area contributed by atoms with E-state index in [1.807, 2.05) is 20.8 Å². The molecule has 0 aromatic carbocycles. The number of piperidine rings is 1. The molecule has 0 bridgehead atoms. The number of rotatable bonds is 2. The molecule has 0 saturated carbocycles. The van der Waals surface area contributed by atoms with Gasteiger partial charge in [0.15, 0.2) is 0 Å². The van der Waals surface area contributed by atoms with Crippen LogP contribution in [0.15, 0.2) is 0 Å². The van der Waals surface area contributed by atoms with E-state index in [1.54, 1.807) is 0 Å². The van der Waals surface area contributed by atoms with Crippen LogP contribution >= 0.6 is 0 Å². The van der Waals surface area contributed by atoms with Crippen molar-refractivity contribution in [1.29, 1.82) is 0 Å². The van der Waals surface area contributed by atoms with Crippen LogP contribution in [0.1, 0.15) is 41.0 Å². The lowest BCUT2D eigenvalue weighted by atomic mass is 9.92. The van der Waals surface area contributed by atoms with Crippen molar-refractivity contribution in [3.63, 3.8) is 0 Å². The molecular weight excluding hydrogens is 242 g/mol. The minimum absolute atomic E-state index is 0.233. The molecule has 1 saturated heterocycles. The SMILES string of the molecule is CC1CC(C)CN(CC(=O)NC(=O)NC(C)(C)C)C1. The zero-order chi connectivity index (χ0) is 14.6. The van der Waals surface area contributed by atoms with Gasteiger partial charge in [0.25, 0.3) is 0 Å². The molecule has 0 aromatic rings. The summed E-state index contributed by atoms with van der Waals surface area (Å²) >= 11 is 0. The van der Waals surface area contributed by atoms with E-state index in [9.17, 15) is 9.59 Å². The molecule has 2 unspecified atom stereocenters. The Kier molecular flexibility index (Phi) is 5.35. The normalized spacial score (nSPS) is 24.9. The van der Waals surface area contributed by atoms with Crippen LogP contribution in [0, 0.1) is 11.8 Å². The van der Waals surface area contributed by atoms with Crippen molar-refractivity contribution in [2.24, 2.45) is 11.8 Å². The van der Waals surface area contributed by atoms with Gasteiger partial charge < -0.3 is 5.32 Å². The van der Waals surface area contributed by atoms with Crippen LogP contribution in [0.4, 0.5) is 4.79 Å². The summed E-state index contributed by atoms with van der Waals surface area (Å²) in [5.41, 5.74) is -0.335. The van der Waals surface area contributed by atoms with Gasteiger partial charge in [-0.3, -0.25) is 15.0 Å². The lowest BCUT2D eigenvalue weighted by molar-refractivity contribution is -0.121. The average Bonchev–Trinajstić information content (AvgIpc) is 2.10. The Morgan fingerprint density at radius 3 is 2.16 bits per heavy atom. The highest BCUT2D eigenvalue weighted by Crippen LogP contribution is 2.20. The molecule has 110 valence electrons. The Labute approximate surface area is 116 Å². The van der Waals surface area contributed by atoms with Gasteiger partial charge in [-0.25, -0.2) is 4.79 Å². The minimum Gasteiger partial charge on any atom is -0.333 e. The minimum atomic E-state index is -0.421. The van der Waals surface area contributed by atoms with Crippen LogP contribution in [0.3, 0.4) is 0 Å². The predicted octanol–water partition coefficient (Wildman–Crippen LogP) is 1.59. The van der Waals surface area contributed by atoms with E-state index in [0.717, 1.165) is 13.1 Å². The van der Waals surface area contributed by atoms with Gasteiger partial charge in [0.05, 0.1) is 6.54 Å². The molecule has 0 aromatic heterocycles. The fourth-order valence-electron chi connectivity index (χ4n) is 2.66. The van der Waals surface area contributed by atoms with Crippen LogP contribution in [0.2, 0.25) is 0 Å². The second-order valence-corrected chi connectivity index (χ2v) is 6.89. The number of hydrogen-bond donors (Lipinski definition) is 2. The van der Waals surface area contributed by atoms with E-state index in [-0.39, 0.29) is 11.4 Å². The van der Waals surface area contributed by atoms with E-state index in [4.69, 9.17) is 0 Å². The number of urea groups is 1. The summed E-state index contributed by atoms with van der Waals surface area (Å²) in [4.78, 5) is 25.5. The molecule has 1 aliphatic rings. The molecule has 2 atom stereocenters. The first-order chi connectivity index (χ1) is 8.65. The zero-order valence-electron chi connectivity index (χ0n) is 12.7. The number of amides is 3. The van der Waals surface area contributed by atoms with E-state index >= 15 is 0 Å². The van der Waals surface area contributed by atoms with E-state index in [1.165, 1.54) is 6.42 Å². The van der Waals surface area contributed by atoms with Crippen molar-refractivity contribution >= 4 is 11.9 Å². The summed E-state index contributed by atoms with van der Waals surface area (Å²) in [6.45, 7) is 12.2. The second-order valence-electron chi connectivity index (χ2n) is 6.89. The average molecular weight is 269 g/mol. The molecule has 5 heteroatoms.